The van der Waals surface area contributed by atoms with E-state index in [0.717, 1.165) is 17.9 Å². The van der Waals surface area contributed by atoms with Gasteiger partial charge in [0.15, 0.2) is 0 Å². The second-order valence-corrected chi connectivity index (χ2v) is 4.85. The Kier molecular flexibility index (Phi) is 2.71. The summed E-state index contributed by atoms with van der Waals surface area (Å²) in [7, 11) is 0. The summed E-state index contributed by atoms with van der Waals surface area (Å²) in [6.45, 7) is 0. The molecule has 0 amide bonds. The average molecular weight is 216 g/mol. The van der Waals surface area contributed by atoms with E-state index in [2.05, 4.69) is 0 Å². The standard InChI is InChI=1S/4CO.Rh.H/c4*1-2;;. The predicted molar refractivity (Wildman–Crippen MR) is 24.2 cm³/mol. The van der Waals surface area contributed by atoms with E-state index in [4.69, 9.17) is 0 Å². The molecule has 0 aliphatic heterocycles. The molecule has 4 nitrogen and oxygen atoms in total. The monoisotopic (exact) mass is 216 g/mol. The molecule has 0 aromatic rings. The predicted octanol–water partition coefficient (Wildman–Crippen LogP) is -1.86. The SMILES string of the molecule is O=[C]=[RhH](=[C]=O)(=[C]=O)=[C]=O. The van der Waals surface area contributed by atoms with Gasteiger partial charge in [-0.05, 0) is 0 Å². The third-order valence-electron chi connectivity index (χ3n) is 0.433. The minimum atomic E-state index is -4.22. The fourth-order valence-electron chi connectivity index (χ4n) is 0.0884. The Morgan fingerprint density at radius 3 is 0.889 bits per heavy atom. The summed E-state index contributed by atoms with van der Waals surface area (Å²) in [6, 6.07) is 0. The second-order valence-electron chi connectivity index (χ2n) is 0.819. The minimum absolute atomic E-state index is 1.01. The molecule has 0 aliphatic carbocycles. The third-order valence-corrected chi connectivity index (χ3v) is 2.56. The molecular weight excluding hydrogens is 215 g/mol. The summed E-state index contributed by atoms with van der Waals surface area (Å²) in [4.78, 5) is 38.7. The molecular formula is C4HO4Rh. The Morgan fingerprint density at radius 2 is 0.889 bits per heavy atom. The first kappa shape index (κ1) is 7.94. The molecule has 0 aromatic carbocycles. The van der Waals surface area contributed by atoms with Gasteiger partial charge >= 0.3 is 50.0 Å². The second kappa shape index (κ2) is 3.07. The Balaban J connectivity index is 7.65. The van der Waals surface area contributed by atoms with E-state index in [1.54, 1.807) is 0 Å². The molecule has 0 aliphatic rings. The van der Waals surface area contributed by atoms with Gasteiger partial charge in [-0.2, -0.15) is 0 Å². The van der Waals surface area contributed by atoms with Crippen LogP contribution in [-0.4, -0.2) is 17.9 Å². The Labute approximate surface area is 50.6 Å². The summed E-state index contributed by atoms with van der Waals surface area (Å²) < 4.78 is 4.06. The number of hydrogen-bond acceptors (Lipinski definition) is 4. The zero-order chi connectivity index (χ0) is 7.33. The fraction of sp³-hybridized carbons (Fsp3) is 0. The van der Waals surface area contributed by atoms with Crippen molar-refractivity contribution < 1.29 is 32.1 Å². The van der Waals surface area contributed by atoms with Gasteiger partial charge in [0.1, 0.15) is 0 Å². The van der Waals surface area contributed by atoms with Crippen LogP contribution in [0.5, 0.6) is 0 Å². The summed E-state index contributed by atoms with van der Waals surface area (Å²) in [5.41, 5.74) is 0. The Morgan fingerprint density at radius 1 is 0.667 bits per heavy atom. The summed E-state index contributed by atoms with van der Waals surface area (Å²) in [5.74, 6) is 0. The molecule has 9 heavy (non-hydrogen) atoms. The fourth-order valence-corrected chi connectivity index (χ4v) is 0.523. The molecule has 0 saturated heterocycles. The molecule has 0 fully saturated rings. The van der Waals surface area contributed by atoms with Crippen LogP contribution in [0.1, 0.15) is 0 Å². The summed E-state index contributed by atoms with van der Waals surface area (Å²) in [6.07, 6.45) is 0. The zero-order valence-corrected chi connectivity index (χ0v) is 5.72. The van der Waals surface area contributed by atoms with Crippen LogP contribution in [0.3, 0.4) is 0 Å². The maximum atomic E-state index is 9.68. The molecule has 0 saturated carbocycles. The van der Waals surface area contributed by atoms with E-state index in [9.17, 15) is 19.2 Å². The molecule has 0 bridgehead atoms. The van der Waals surface area contributed by atoms with Gasteiger partial charge in [-0.25, -0.2) is 0 Å². The van der Waals surface area contributed by atoms with E-state index in [1.807, 2.05) is 0 Å². The van der Waals surface area contributed by atoms with Crippen molar-refractivity contribution in [1.29, 1.82) is 0 Å². The Bertz CT molecular complexity index is 359. The normalized spacial score (nSPS) is 9.78. The van der Waals surface area contributed by atoms with Crippen LogP contribution in [0.15, 0.2) is 0 Å². The average Bonchev–Trinajstić information content (AvgIpc) is 1.95. The van der Waals surface area contributed by atoms with Gasteiger partial charge < -0.3 is 0 Å². The molecule has 0 aromatic heterocycles. The number of carbonyl (C=O) groups excluding carboxylic acids is 4. The van der Waals surface area contributed by atoms with E-state index >= 15 is 0 Å². The number of rotatable bonds is 0. The first-order valence-corrected chi connectivity index (χ1v) is 5.00. The van der Waals surface area contributed by atoms with E-state index in [-0.39, 0.29) is 0 Å². The molecule has 5 heteroatoms. The van der Waals surface area contributed by atoms with Gasteiger partial charge in [0, 0.05) is 0 Å². The van der Waals surface area contributed by atoms with Crippen LogP contribution in [0.2, 0.25) is 0 Å². The first-order valence-electron chi connectivity index (χ1n) is 1.52. The van der Waals surface area contributed by atoms with Gasteiger partial charge in [0.05, 0.1) is 0 Å². The van der Waals surface area contributed by atoms with Crippen LogP contribution >= 0.6 is 0 Å². The van der Waals surface area contributed by atoms with E-state index in [0.29, 0.717) is 0 Å². The maximum absolute atomic E-state index is 9.68. The van der Waals surface area contributed by atoms with Crippen molar-refractivity contribution >= 4 is 17.9 Å². The molecule has 0 rings (SSSR count). The Hall–Kier alpha value is -1.06. The van der Waals surface area contributed by atoms with Crippen molar-refractivity contribution in [1.82, 2.24) is 0 Å². The third kappa shape index (κ3) is 1.42. The zero-order valence-electron chi connectivity index (χ0n) is 3.99. The van der Waals surface area contributed by atoms with Crippen molar-refractivity contribution in [2.24, 2.45) is 0 Å². The molecule has 0 radical (unpaired) electrons. The summed E-state index contributed by atoms with van der Waals surface area (Å²) >= 11 is -4.22. The topological polar surface area (TPSA) is 68.3 Å². The quantitative estimate of drug-likeness (QED) is 0.445. The molecule has 0 unspecified atom stereocenters. The van der Waals surface area contributed by atoms with Gasteiger partial charge in [-0.3, -0.25) is 0 Å². The van der Waals surface area contributed by atoms with Crippen LogP contribution in [-0.2, 0) is 32.1 Å². The van der Waals surface area contributed by atoms with Crippen molar-refractivity contribution in [2.45, 2.75) is 0 Å². The van der Waals surface area contributed by atoms with E-state index < -0.39 is 13.0 Å². The molecule has 0 heterocycles. The molecule has 0 N–H and O–H groups in total. The van der Waals surface area contributed by atoms with E-state index in [1.165, 1.54) is 0 Å². The summed E-state index contributed by atoms with van der Waals surface area (Å²) in [5, 5.41) is 0. The molecule has 0 atom stereocenters. The van der Waals surface area contributed by atoms with Crippen LogP contribution in [0.4, 0.5) is 0 Å². The van der Waals surface area contributed by atoms with Crippen LogP contribution < -0.4 is 0 Å². The van der Waals surface area contributed by atoms with Gasteiger partial charge in [0.2, 0.25) is 0 Å². The van der Waals surface area contributed by atoms with Crippen molar-refractivity contribution in [3.8, 4) is 0 Å². The van der Waals surface area contributed by atoms with Gasteiger partial charge in [-0.15, -0.1) is 0 Å². The van der Waals surface area contributed by atoms with Crippen LogP contribution in [0.25, 0.3) is 0 Å². The first-order chi connectivity index (χ1) is 4.24. The van der Waals surface area contributed by atoms with Gasteiger partial charge in [0.25, 0.3) is 0 Å². The molecule has 50 valence electrons. The number of hydrogen-bond donors (Lipinski definition) is 0. The van der Waals surface area contributed by atoms with Crippen molar-refractivity contribution in [3.05, 3.63) is 0 Å². The van der Waals surface area contributed by atoms with Crippen molar-refractivity contribution in [2.75, 3.05) is 0 Å². The van der Waals surface area contributed by atoms with Gasteiger partial charge in [-0.1, -0.05) is 0 Å². The van der Waals surface area contributed by atoms with Crippen molar-refractivity contribution in [3.63, 3.8) is 0 Å². The van der Waals surface area contributed by atoms with Crippen LogP contribution in [0, 0.1) is 0 Å². The molecule has 0 spiro atoms.